The van der Waals surface area contributed by atoms with Crippen molar-refractivity contribution in [2.75, 3.05) is 5.32 Å². The highest BCUT2D eigenvalue weighted by Crippen LogP contribution is 2.19. The summed E-state index contributed by atoms with van der Waals surface area (Å²) in [5.41, 5.74) is 1.85. The van der Waals surface area contributed by atoms with Crippen LogP contribution in [0.5, 0.6) is 0 Å². The Morgan fingerprint density at radius 3 is 2.50 bits per heavy atom. The summed E-state index contributed by atoms with van der Waals surface area (Å²) in [7, 11) is 0. The second kappa shape index (κ2) is 7.47. The number of hydrogen-bond donors (Lipinski definition) is 2. The highest BCUT2D eigenvalue weighted by Gasteiger charge is 2.09. The van der Waals surface area contributed by atoms with E-state index in [2.05, 4.69) is 26.6 Å². The summed E-state index contributed by atoms with van der Waals surface area (Å²) in [5, 5.41) is 5.24. The molecule has 0 atom stereocenters. The normalized spacial score (nSPS) is 10.1. The van der Waals surface area contributed by atoms with Crippen LogP contribution < -0.4 is 10.6 Å². The Bertz CT molecular complexity index is 704. The quantitative estimate of drug-likeness (QED) is 0.780. The van der Waals surface area contributed by atoms with Gasteiger partial charge in [-0.3, -0.25) is 10.1 Å². The molecule has 3 nitrogen and oxygen atoms in total. The molecule has 0 fully saturated rings. The van der Waals surface area contributed by atoms with Gasteiger partial charge in [0.25, 0.3) is 5.91 Å². The minimum Gasteiger partial charge on any atom is -0.330 e. The third-order valence-corrected chi connectivity index (χ3v) is 3.73. The summed E-state index contributed by atoms with van der Waals surface area (Å²) in [6.07, 6.45) is 0.907. The first-order valence-corrected chi connectivity index (χ1v) is 7.86. The van der Waals surface area contributed by atoms with E-state index in [-0.39, 0.29) is 16.7 Å². The van der Waals surface area contributed by atoms with Gasteiger partial charge >= 0.3 is 0 Å². The number of aryl methyl sites for hydroxylation is 1. The number of carbonyl (C=O) groups is 1. The van der Waals surface area contributed by atoms with Gasteiger partial charge in [0, 0.05) is 10.0 Å². The predicted molar refractivity (Wildman–Crippen MR) is 93.6 cm³/mol. The van der Waals surface area contributed by atoms with E-state index >= 15 is 0 Å². The fourth-order valence-electron chi connectivity index (χ4n) is 1.81. The molecular weight excluding hydrogens is 367 g/mol. The van der Waals surface area contributed by atoms with Crippen LogP contribution in [0, 0.1) is 5.82 Å². The number of hydrogen-bond acceptors (Lipinski definition) is 2. The molecule has 2 aromatic rings. The number of nitrogens with one attached hydrogen (secondary N) is 2. The maximum atomic E-state index is 13.7. The van der Waals surface area contributed by atoms with Gasteiger partial charge in [-0.1, -0.05) is 35.0 Å². The zero-order valence-electron chi connectivity index (χ0n) is 11.8. The Hall–Kier alpha value is -1.79. The fraction of sp³-hybridized carbons (Fsp3) is 0.125. The number of rotatable bonds is 3. The molecule has 22 heavy (non-hydrogen) atoms. The fourth-order valence-corrected chi connectivity index (χ4v) is 2.35. The van der Waals surface area contributed by atoms with E-state index in [0.29, 0.717) is 10.0 Å². The summed E-state index contributed by atoms with van der Waals surface area (Å²) in [6.45, 7) is 2.04. The lowest BCUT2D eigenvalue weighted by molar-refractivity contribution is 0.0977. The van der Waals surface area contributed by atoms with Crippen LogP contribution in [0.1, 0.15) is 22.8 Å². The summed E-state index contributed by atoms with van der Waals surface area (Å²) in [5.74, 6) is -0.795. The molecule has 0 aromatic heterocycles. The van der Waals surface area contributed by atoms with Gasteiger partial charge in [0.15, 0.2) is 5.11 Å². The topological polar surface area (TPSA) is 41.1 Å². The SMILES string of the molecule is CCc1ccc(C(=O)NC(=S)Nc2ccc(Br)cc2F)cc1. The van der Waals surface area contributed by atoms with Crippen LogP contribution >= 0.6 is 28.1 Å². The third-order valence-electron chi connectivity index (χ3n) is 3.03. The molecule has 1 amide bonds. The molecular formula is C16H14BrFN2OS. The molecule has 0 saturated heterocycles. The summed E-state index contributed by atoms with van der Waals surface area (Å²) in [6, 6.07) is 11.8. The molecule has 0 spiro atoms. The zero-order valence-corrected chi connectivity index (χ0v) is 14.2. The van der Waals surface area contributed by atoms with Crippen molar-refractivity contribution in [1.29, 1.82) is 0 Å². The van der Waals surface area contributed by atoms with E-state index < -0.39 is 5.82 Å². The van der Waals surface area contributed by atoms with Gasteiger partial charge in [-0.2, -0.15) is 0 Å². The lowest BCUT2D eigenvalue weighted by atomic mass is 10.1. The van der Waals surface area contributed by atoms with Crippen LogP contribution in [0.4, 0.5) is 10.1 Å². The van der Waals surface area contributed by atoms with Crippen molar-refractivity contribution in [3.63, 3.8) is 0 Å². The average molecular weight is 381 g/mol. The average Bonchev–Trinajstić information content (AvgIpc) is 2.50. The standard InChI is InChI=1S/C16H14BrFN2OS/c1-2-10-3-5-11(6-4-10)15(21)20-16(22)19-14-8-7-12(17)9-13(14)18/h3-9H,2H2,1H3,(H2,19,20,21,22). The molecule has 2 aromatic carbocycles. The maximum absolute atomic E-state index is 13.7. The first kappa shape index (κ1) is 16.6. The Kier molecular flexibility index (Phi) is 5.63. The van der Waals surface area contributed by atoms with Gasteiger partial charge in [-0.05, 0) is 54.5 Å². The van der Waals surface area contributed by atoms with Gasteiger partial charge in [-0.15, -0.1) is 0 Å². The minimum absolute atomic E-state index is 0.0470. The second-order valence-electron chi connectivity index (χ2n) is 4.58. The molecule has 2 rings (SSSR count). The first-order chi connectivity index (χ1) is 10.5. The van der Waals surface area contributed by atoms with E-state index in [1.165, 1.54) is 12.1 Å². The minimum atomic E-state index is -0.460. The van der Waals surface area contributed by atoms with E-state index in [0.717, 1.165) is 12.0 Å². The molecule has 2 N–H and O–H groups in total. The van der Waals surface area contributed by atoms with E-state index in [1.807, 2.05) is 19.1 Å². The molecule has 0 aliphatic carbocycles. The highest BCUT2D eigenvalue weighted by molar-refractivity contribution is 9.10. The molecule has 0 aliphatic heterocycles. The van der Waals surface area contributed by atoms with Gasteiger partial charge in [-0.25, -0.2) is 4.39 Å². The zero-order chi connectivity index (χ0) is 16.1. The lowest BCUT2D eigenvalue weighted by Gasteiger charge is -2.10. The molecule has 114 valence electrons. The van der Waals surface area contributed by atoms with Crippen molar-refractivity contribution in [3.05, 3.63) is 63.9 Å². The van der Waals surface area contributed by atoms with Crippen molar-refractivity contribution < 1.29 is 9.18 Å². The largest absolute Gasteiger partial charge is 0.330 e. The van der Waals surface area contributed by atoms with Crippen molar-refractivity contribution in [1.82, 2.24) is 5.32 Å². The van der Waals surface area contributed by atoms with Crippen LogP contribution in [0.25, 0.3) is 0 Å². The van der Waals surface area contributed by atoms with E-state index in [4.69, 9.17) is 12.2 Å². The number of benzene rings is 2. The van der Waals surface area contributed by atoms with Crippen LogP contribution in [0.15, 0.2) is 46.9 Å². The molecule has 0 unspecified atom stereocenters. The van der Waals surface area contributed by atoms with Crippen molar-refractivity contribution in [2.24, 2.45) is 0 Å². The molecule has 0 aliphatic rings. The van der Waals surface area contributed by atoms with Gasteiger partial charge < -0.3 is 5.32 Å². The van der Waals surface area contributed by atoms with Crippen LogP contribution in [-0.4, -0.2) is 11.0 Å². The molecule has 0 saturated carbocycles. The van der Waals surface area contributed by atoms with Gasteiger partial charge in [0.05, 0.1) is 5.69 Å². The van der Waals surface area contributed by atoms with Gasteiger partial charge in [0.1, 0.15) is 5.82 Å². The molecule has 6 heteroatoms. The molecule has 0 radical (unpaired) electrons. The number of amides is 1. The number of thiocarbonyl (C=S) groups is 1. The highest BCUT2D eigenvalue weighted by atomic mass is 79.9. The Morgan fingerprint density at radius 1 is 1.23 bits per heavy atom. The van der Waals surface area contributed by atoms with Crippen LogP contribution in [0.3, 0.4) is 0 Å². The van der Waals surface area contributed by atoms with Crippen molar-refractivity contribution >= 4 is 44.9 Å². The third kappa shape index (κ3) is 4.35. The molecule has 0 heterocycles. The van der Waals surface area contributed by atoms with Gasteiger partial charge in [0.2, 0.25) is 0 Å². The lowest BCUT2D eigenvalue weighted by Crippen LogP contribution is -2.34. The molecule has 0 bridgehead atoms. The first-order valence-electron chi connectivity index (χ1n) is 6.66. The summed E-state index contributed by atoms with van der Waals surface area (Å²) >= 11 is 8.21. The maximum Gasteiger partial charge on any atom is 0.257 e. The van der Waals surface area contributed by atoms with Crippen molar-refractivity contribution in [2.45, 2.75) is 13.3 Å². The Labute approximate surface area is 142 Å². The number of halogens is 2. The summed E-state index contributed by atoms with van der Waals surface area (Å²) in [4.78, 5) is 12.0. The summed E-state index contributed by atoms with van der Waals surface area (Å²) < 4.78 is 14.3. The van der Waals surface area contributed by atoms with E-state index in [1.54, 1.807) is 18.2 Å². The van der Waals surface area contributed by atoms with E-state index in [9.17, 15) is 9.18 Å². The van der Waals surface area contributed by atoms with Crippen LogP contribution in [-0.2, 0) is 6.42 Å². The Balaban J connectivity index is 2.00. The smallest absolute Gasteiger partial charge is 0.257 e. The monoisotopic (exact) mass is 380 g/mol. The van der Waals surface area contributed by atoms with Crippen molar-refractivity contribution in [3.8, 4) is 0 Å². The predicted octanol–water partition coefficient (Wildman–Crippen LogP) is 4.28. The number of anilines is 1. The Morgan fingerprint density at radius 2 is 1.91 bits per heavy atom. The second-order valence-corrected chi connectivity index (χ2v) is 5.91. The number of carbonyl (C=O) groups excluding carboxylic acids is 1. The van der Waals surface area contributed by atoms with Crippen LogP contribution in [0.2, 0.25) is 0 Å².